The minimum absolute atomic E-state index is 0.186. The summed E-state index contributed by atoms with van der Waals surface area (Å²) in [5.74, 6) is -1.08. The second-order valence-electron chi connectivity index (χ2n) is 9.78. The fraction of sp³-hybridized carbons (Fsp3) is 0.423. The maximum atomic E-state index is 13.8. The van der Waals surface area contributed by atoms with Crippen LogP contribution in [0.15, 0.2) is 41.3 Å². The van der Waals surface area contributed by atoms with Gasteiger partial charge in [-0.25, -0.2) is 13.8 Å². The zero-order valence-corrected chi connectivity index (χ0v) is 21.1. The minimum Gasteiger partial charge on any atom is -0.378 e. The van der Waals surface area contributed by atoms with Crippen molar-refractivity contribution in [2.75, 3.05) is 63.7 Å². The second kappa shape index (κ2) is 10.1. The van der Waals surface area contributed by atoms with Gasteiger partial charge < -0.3 is 24.8 Å². The van der Waals surface area contributed by atoms with Gasteiger partial charge in [0.25, 0.3) is 11.5 Å². The van der Waals surface area contributed by atoms with Crippen molar-refractivity contribution in [1.82, 2.24) is 19.2 Å². The zero-order valence-electron chi connectivity index (χ0n) is 21.1. The van der Waals surface area contributed by atoms with Crippen LogP contribution in [-0.4, -0.2) is 84.6 Å². The lowest BCUT2D eigenvalue weighted by Crippen LogP contribution is -2.59. The summed E-state index contributed by atoms with van der Waals surface area (Å²) in [5.41, 5.74) is 1.20. The lowest BCUT2D eigenvalue weighted by molar-refractivity contribution is 0.0399. The van der Waals surface area contributed by atoms with Gasteiger partial charge in [-0.1, -0.05) is 0 Å². The molecule has 0 aliphatic carbocycles. The van der Waals surface area contributed by atoms with E-state index < -0.39 is 17.7 Å². The molecule has 11 heteroatoms. The Balaban J connectivity index is 1.56. The molecule has 1 aromatic carbocycles. The molecule has 5 rings (SSSR count). The Kier molecular flexibility index (Phi) is 6.82. The number of aromatic nitrogens is 2. The summed E-state index contributed by atoms with van der Waals surface area (Å²) in [6.07, 6.45) is 1.52. The first-order valence-corrected chi connectivity index (χ1v) is 12.3. The number of hydrogen-bond donors (Lipinski definition) is 1. The van der Waals surface area contributed by atoms with Gasteiger partial charge in [-0.15, -0.1) is 0 Å². The van der Waals surface area contributed by atoms with Gasteiger partial charge in [-0.2, -0.15) is 0 Å². The summed E-state index contributed by atoms with van der Waals surface area (Å²) in [6, 6.07) is 6.11. The quantitative estimate of drug-likeness (QED) is 0.543. The first-order valence-electron chi connectivity index (χ1n) is 12.3. The molecule has 1 amide bonds. The predicted octanol–water partition coefficient (Wildman–Crippen LogP) is 2.37. The maximum absolute atomic E-state index is 13.8. The lowest BCUT2D eigenvalue weighted by Gasteiger charge is -2.42. The fourth-order valence-corrected chi connectivity index (χ4v) is 4.70. The SMILES string of the molecule is CC(Nc1cc(F)cc(F)c1)c1cc(C(=O)N2CC(N(C)C)C2)cn2c(=O)cc(N3CCOCC3)nc12. The summed E-state index contributed by atoms with van der Waals surface area (Å²) < 4.78 is 34.5. The van der Waals surface area contributed by atoms with E-state index in [0.29, 0.717) is 62.0 Å². The average Bonchev–Trinajstić information content (AvgIpc) is 2.82. The van der Waals surface area contributed by atoms with Crippen LogP contribution in [0.2, 0.25) is 0 Å². The van der Waals surface area contributed by atoms with E-state index in [1.165, 1.54) is 28.8 Å². The van der Waals surface area contributed by atoms with Crippen LogP contribution in [0.5, 0.6) is 0 Å². The third-order valence-corrected chi connectivity index (χ3v) is 6.95. The number of carbonyl (C=O) groups is 1. The number of amides is 1. The van der Waals surface area contributed by atoms with Crippen molar-refractivity contribution in [2.45, 2.75) is 19.0 Å². The summed E-state index contributed by atoms with van der Waals surface area (Å²) in [5, 5.41) is 3.10. The highest BCUT2D eigenvalue weighted by Gasteiger charge is 2.33. The van der Waals surface area contributed by atoms with Crippen molar-refractivity contribution in [3.63, 3.8) is 0 Å². The van der Waals surface area contributed by atoms with Crippen LogP contribution >= 0.6 is 0 Å². The molecule has 2 aliphatic heterocycles. The number of nitrogens with zero attached hydrogens (tertiary/aromatic N) is 5. The van der Waals surface area contributed by atoms with Crippen LogP contribution in [0.1, 0.15) is 28.9 Å². The van der Waals surface area contributed by atoms with Gasteiger partial charge in [0.15, 0.2) is 0 Å². The molecule has 1 N–H and O–H groups in total. The average molecular weight is 513 g/mol. The van der Waals surface area contributed by atoms with Gasteiger partial charge in [-0.3, -0.25) is 14.0 Å². The number of halogens is 2. The molecule has 196 valence electrons. The number of carbonyl (C=O) groups excluding carboxylic acids is 1. The van der Waals surface area contributed by atoms with Gasteiger partial charge in [0, 0.05) is 61.8 Å². The van der Waals surface area contributed by atoms with E-state index in [9.17, 15) is 18.4 Å². The van der Waals surface area contributed by atoms with E-state index in [1.807, 2.05) is 19.0 Å². The van der Waals surface area contributed by atoms with Gasteiger partial charge >= 0.3 is 0 Å². The molecule has 1 unspecified atom stereocenters. The molecule has 0 radical (unpaired) electrons. The fourth-order valence-electron chi connectivity index (χ4n) is 4.70. The Labute approximate surface area is 213 Å². The molecule has 37 heavy (non-hydrogen) atoms. The molecule has 0 spiro atoms. The number of hydrogen-bond acceptors (Lipinski definition) is 7. The molecule has 2 saturated heterocycles. The Morgan fingerprint density at radius 3 is 2.43 bits per heavy atom. The molecule has 4 heterocycles. The third kappa shape index (κ3) is 5.14. The number of likely N-dealkylation sites (N-methyl/N-ethyl adjacent to an activating group) is 1. The topological polar surface area (TPSA) is 82.4 Å². The Bertz CT molecular complexity index is 1360. The van der Waals surface area contributed by atoms with Crippen molar-refractivity contribution in [3.8, 4) is 0 Å². The lowest BCUT2D eigenvalue weighted by atomic mass is 10.0. The molecule has 9 nitrogen and oxygen atoms in total. The van der Waals surface area contributed by atoms with E-state index in [-0.39, 0.29) is 23.2 Å². The molecule has 0 bridgehead atoms. The van der Waals surface area contributed by atoms with Crippen molar-refractivity contribution < 1.29 is 18.3 Å². The predicted molar refractivity (Wildman–Crippen MR) is 136 cm³/mol. The van der Waals surface area contributed by atoms with Crippen LogP contribution in [0.3, 0.4) is 0 Å². The number of nitrogens with one attached hydrogen (secondary N) is 1. The first-order chi connectivity index (χ1) is 17.7. The van der Waals surface area contributed by atoms with Crippen molar-refractivity contribution in [2.24, 2.45) is 0 Å². The van der Waals surface area contributed by atoms with Gasteiger partial charge in [0.05, 0.1) is 24.8 Å². The van der Waals surface area contributed by atoms with E-state index in [0.717, 1.165) is 6.07 Å². The molecule has 2 aliphatic rings. The monoisotopic (exact) mass is 512 g/mol. The smallest absolute Gasteiger partial charge is 0.259 e. The van der Waals surface area contributed by atoms with E-state index >= 15 is 0 Å². The highest BCUT2D eigenvalue weighted by Crippen LogP contribution is 2.27. The normalized spacial score (nSPS) is 17.2. The van der Waals surface area contributed by atoms with E-state index in [1.54, 1.807) is 17.9 Å². The molecule has 2 aromatic heterocycles. The first kappa shape index (κ1) is 25.1. The standard InChI is InChI=1S/C26H30F2N6O3/c1-16(29-20-10-18(27)9-19(28)11-20)22-8-17(26(36)33-14-21(15-33)31(2)3)13-34-24(35)12-23(30-25(22)34)32-4-6-37-7-5-32/h8-13,16,21,29H,4-7,14-15H2,1-3H3. The molecule has 0 saturated carbocycles. The molecule has 3 aromatic rings. The number of rotatable bonds is 6. The zero-order chi connectivity index (χ0) is 26.3. The van der Waals surface area contributed by atoms with Gasteiger partial charge in [0.1, 0.15) is 23.1 Å². The minimum atomic E-state index is -0.708. The number of morpholine rings is 1. The molecular formula is C26H30F2N6O3. The molecule has 2 fully saturated rings. The highest BCUT2D eigenvalue weighted by molar-refractivity contribution is 5.95. The molecular weight excluding hydrogens is 482 g/mol. The summed E-state index contributed by atoms with van der Waals surface area (Å²) in [6.45, 7) is 5.27. The van der Waals surface area contributed by atoms with E-state index in [4.69, 9.17) is 9.72 Å². The van der Waals surface area contributed by atoms with Gasteiger partial charge in [-0.05, 0) is 39.2 Å². The van der Waals surface area contributed by atoms with Crippen LogP contribution in [0.4, 0.5) is 20.3 Å². The summed E-state index contributed by atoms with van der Waals surface area (Å²) in [4.78, 5) is 37.1. The van der Waals surface area contributed by atoms with Crippen LogP contribution in [0, 0.1) is 11.6 Å². The Morgan fingerprint density at radius 1 is 1.11 bits per heavy atom. The van der Waals surface area contributed by atoms with Crippen LogP contribution < -0.4 is 15.8 Å². The van der Waals surface area contributed by atoms with E-state index in [2.05, 4.69) is 10.2 Å². The van der Waals surface area contributed by atoms with Crippen LogP contribution in [0.25, 0.3) is 5.65 Å². The number of pyridine rings is 1. The Hall–Kier alpha value is -3.57. The number of anilines is 2. The van der Waals surface area contributed by atoms with Crippen molar-refractivity contribution in [3.05, 3.63) is 69.6 Å². The largest absolute Gasteiger partial charge is 0.378 e. The molecule has 1 atom stereocenters. The number of benzene rings is 1. The van der Waals surface area contributed by atoms with Crippen molar-refractivity contribution in [1.29, 1.82) is 0 Å². The number of likely N-dealkylation sites (tertiary alicyclic amines) is 1. The number of ether oxygens (including phenoxy) is 1. The van der Waals surface area contributed by atoms with Crippen molar-refractivity contribution >= 4 is 23.1 Å². The second-order valence-corrected chi connectivity index (χ2v) is 9.78. The maximum Gasteiger partial charge on any atom is 0.259 e. The Morgan fingerprint density at radius 2 is 1.78 bits per heavy atom. The number of fused-ring (bicyclic) bond motifs is 1. The van der Waals surface area contributed by atoms with Gasteiger partial charge in [0.2, 0.25) is 0 Å². The summed E-state index contributed by atoms with van der Waals surface area (Å²) >= 11 is 0. The van der Waals surface area contributed by atoms with Crippen LogP contribution in [-0.2, 0) is 4.74 Å². The highest BCUT2D eigenvalue weighted by atomic mass is 19.1. The third-order valence-electron chi connectivity index (χ3n) is 6.95. The summed E-state index contributed by atoms with van der Waals surface area (Å²) in [7, 11) is 3.95.